The number of aromatic nitrogens is 3. The Balaban J connectivity index is 1.95. The molecule has 3 aromatic heterocycles. The minimum absolute atomic E-state index is 0.0164. The van der Waals surface area contributed by atoms with Gasteiger partial charge in [0.2, 0.25) is 0 Å². The number of hydrogen-bond donors (Lipinski definition) is 2. The van der Waals surface area contributed by atoms with Crippen LogP contribution in [0.3, 0.4) is 0 Å². The zero-order valence-corrected chi connectivity index (χ0v) is 17.5. The molecule has 1 unspecified atom stereocenters. The van der Waals surface area contributed by atoms with Crippen LogP contribution in [0.2, 0.25) is 0 Å². The quantitative estimate of drug-likeness (QED) is 0.439. The number of aliphatic hydroxyl groups excluding tert-OH is 1. The van der Waals surface area contributed by atoms with Crippen LogP contribution in [0, 0.1) is 5.82 Å². The zero-order valence-electron chi connectivity index (χ0n) is 17.5. The van der Waals surface area contributed by atoms with E-state index in [1.165, 1.54) is 57.0 Å². The molecule has 2 N–H and O–H groups in total. The van der Waals surface area contributed by atoms with Crippen molar-refractivity contribution >= 4 is 16.9 Å². The van der Waals surface area contributed by atoms with Crippen LogP contribution in [0.15, 0.2) is 55.1 Å². The Morgan fingerprint density at radius 3 is 2.52 bits per heavy atom. The molecule has 0 aliphatic carbocycles. The molecule has 4 aromatic rings. The Bertz CT molecular complexity index is 1350. The minimum Gasteiger partial charge on any atom is -0.378 e. The number of aromatic amines is 1. The second-order valence-electron chi connectivity index (χ2n) is 7.62. The fourth-order valence-corrected chi connectivity index (χ4v) is 3.63. The van der Waals surface area contributed by atoms with Crippen LogP contribution in [-0.4, -0.2) is 45.0 Å². The highest BCUT2D eigenvalue weighted by Crippen LogP contribution is 2.44. The normalized spacial score (nSPS) is 12.7. The summed E-state index contributed by atoms with van der Waals surface area (Å²) >= 11 is 0. The number of nitrogens with one attached hydrogen (secondary N) is 1. The molecule has 1 atom stereocenters. The summed E-state index contributed by atoms with van der Waals surface area (Å²) in [5.41, 5.74) is -0.837. The fraction of sp³-hybridized carbons (Fsp3) is 0.174. The highest BCUT2D eigenvalue weighted by molar-refractivity contribution is 5.99. The van der Waals surface area contributed by atoms with Crippen molar-refractivity contribution in [3.8, 4) is 22.3 Å². The first-order valence-corrected chi connectivity index (χ1v) is 9.75. The topological polar surface area (TPSA) is 82.1 Å². The van der Waals surface area contributed by atoms with Crippen molar-refractivity contribution in [1.29, 1.82) is 0 Å². The van der Waals surface area contributed by atoms with Crippen LogP contribution in [0.25, 0.3) is 33.3 Å². The number of nitrogens with zero attached hydrogens (tertiary/aromatic N) is 3. The summed E-state index contributed by atoms with van der Waals surface area (Å²) in [6.45, 7) is 0. The average Bonchev–Trinajstić information content (AvgIpc) is 3.20. The molecule has 0 spiro atoms. The van der Waals surface area contributed by atoms with Crippen LogP contribution in [0.4, 0.5) is 17.6 Å². The number of likely N-dealkylation sites (N-methyl/N-ethyl adjacent to an activating group) is 1. The molecule has 1 aromatic carbocycles. The predicted molar refractivity (Wildman–Crippen MR) is 113 cm³/mol. The van der Waals surface area contributed by atoms with Gasteiger partial charge in [0.15, 0.2) is 6.10 Å². The maximum absolute atomic E-state index is 14.4. The molecule has 4 rings (SSSR count). The van der Waals surface area contributed by atoms with Gasteiger partial charge >= 0.3 is 6.18 Å². The van der Waals surface area contributed by atoms with Gasteiger partial charge in [-0.2, -0.15) is 13.2 Å². The van der Waals surface area contributed by atoms with E-state index >= 15 is 0 Å². The summed E-state index contributed by atoms with van der Waals surface area (Å²) in [6.07, 6.45) is -1.58. The molecular formula is C23H18F4N4O2. The summed E-state index contributed by atoms with van der Waals surface area (Å²) in [7, 11) is 2.89. The molecule has 0 saturated carbocycles. The van der Waals surface area contributed by atoms with Gasteiger partial charge in [0, 0.05) is 66.5 Å². The van der Waals surface area contributed by atoms with E-state index in [1.54, 1.807) is 0 Å². The summed E-state index contributed by atoms with van der Waals surface area (Å²) in [6, 6.07) is 6.52. The second kappa shape index (κ2) is 8.28. The van der Waals surface area contributed by atoms with Gasteiger partial charge < -0.3 is 15.0 Å². The number of hydrogen-bond acceptors (Lipinski definition) is 4. The number of halogens is 4. The standard InChI is InChI=1S/C23H18F4N4O2/c1-31(2)22(33)20(32)14-6-13(8-28-9-14)17-11-30-21-18(19(17)23(25,26)27)16(10-29-21)12-4-3-5-15(24)7-12/h3-11,20,32H,1-2H3,(H,29,30). The van der Waals surface area contributed by atoms with E-state index in [1.807, 2.05) is 0 Å². The number of carbonyl (C=O) groups is 1. The van der Waals surface area contributed by atoms with Crippen LogP contribution in [0.1, 0.15) is 17.2 Å². The molecule has 33 heavy (non-hydrogen) atoms. The van der Waals surface area contributed by atoms with Gasteiger partial charge in [-0.3, -0.25) is 9.78 Å². The van der Waals surface area contributed by atoms with Gasteiger partial charge in [-0.05, 0) is 23.8 Å². The number of alkyl halides is 3. The molecule has 3 heterocycles. The summed E-state index contributed by atoms with van der Waals surface area (Å²) in [5.74, 6) is -1.23. The molecule has 1 amide bonds. The largest absolute Gasteiger partial charge is 0.417 e. The van der Waals surface area contributed by atoms with Gasteiger partial charge in [0.05, 0.1) is 5.56 Å². The van der Waals surface area contributed by atoms with Crippen molar-refractivity contribution in [2.45, 2.75) is 12.3 Å². The van der Waals surface area contributed by atoms with Gasteiger partial charge in [-0.25, -0.2) is 9.37 Å². The Hall–Kier alpha value is -3.79. The Morgan fingerprint density at radius 2 is 1.85 bits per heavy atom. The minimum atomic E-state index is -4.80. The van der Waals surface area contributed by atoms with E-state index in [9.17, 15) is 27.5 Å². The summed E-state index contributed by atoms with van der Waals surface area (Å²) in [5, 5.41) is 10.1. The molecular weight excluding hydrogens is 440 g/mol. The van der Waals surface area contributed by atoms with Crippen molar-refractivity contribution < 1.29 is 27.5 Å². The molecule has 0 aliphatic rings. The number of fused-ring (bicyclic) bond motifs is 1. The number of amides is 1. The van der Waals surface area contributed by atoms with Gasteiger partial charge in [-0.15, -0.1) is 0 Å². The third-order valence-electron chi connectivity index (χ3n) is 5.18. The number of aliphatic hydroxyl groups is 1. The lowest BCUT2D eigenvalue weighted by Crippen LogP contribution is -2.28. The highest BCUT2D eigenvalue weighted by atomic mass is 19.4. The van der Waals surface area contributed by atoms with Crippen molar-refractivity contribution in [2.75, 3.05) is 14.1 Å². The van der Waals surface area contributed by atoms with Crippen molar-refractivity contribution in [3.05, 3.63) is 72.1 Å². The molecule has 0 bridgehead atoms. The Morgan fingerprint density at radius 1 is 1.09 bits per heavy atom. The number of pyridine rings is 2. The lowest BCUT2D eigenvalue weighted by Gasteiger charge is -2.18. The highest BCUT2D eigenvalue weighted by Gasteiger charge is 2.38. The monoisotopic (exact) mass is 458 g/mol. The Kier molecular flexibility index (Phi) is 5.62. The molecule has 0 aliphatic heterocycles. The summed E-state index contributed by atoms with van der Waals surface area (Å²) in [4.78, 5) is 24.0. The zero-order chi connectivity index (χ0) is 23.9. The molecule has 6 nitrogen and oxygen atoms in total. The van der Waals surface area contributed by atoms with Crippen LogP contribution in [0.5, 0.6) is 0 Å². The van der Waals surface area contributed by atoms with E-state index in [4.69, 9.17) is 0 Å². The number of rotatable bonds is 4. The molecule has 0 saturated heterocycles. The number of carbonyl (C=O) groups excluding carboxylic acids is 1. The molecule has 0 fully saturated rings. The van der Waals surface area contributed by atoms with Crippen LogP contribution < -0.4 is 0 Å². The maximum Gasteiger partial charge on any atom is 0.417 e. The van der Waals surface area contributed by atoms with E-state index in [0.29, 0.717) is 0 Å². The van der Waals surface area contributed by atoms with Gasteiger partial charge in [0.25, 0.3) is 5.91 Å². The average molecular weight is 458 g/mol. The van der Waals surface area contributed by atoms with Gasteiger partial charge in [-0.1, -0.05) is 12.1 Å². The lowest BCUT2D eigenvalue weighted by atomic mass is 9.95. The van der Waals surface area contributed by atoms with E-state index < -0.39 is 29.6 Å². The molecule has 170 valence electrons. The third-order valence-corrected chi connectivity index (χ3v) is 5.18. The molecule has 10 heteroatoms. The summed E-state index contributed by atoms with van der Waals surface area (Å²) < 4.78 is 56.9. The first-order chi connectivity index (χ1) is 15.6. The fourth-order valence-electron chi connectivity index (χ4n) is 3.63. The van der Waals surface area contributed by atoms with E-state index in [0.717, 1.165) is 17.2 Å². The Labute approximate surface area is 185 Å². The molecule has 0 radical (unpaired) electrons. The van der Waals surface area contributed by atoms with Crippen molar-refractivity contribution in [3.63, 3.8) is 0 Å². The van der Waals surface area contributed by atoms with Crippen molar-refractivity contribution in [2.24, 2.45) is 0 Å². The SMILES string of the molecule is CN(C)C(=O)C(O)c1cncc(-c2cnc3[nH]cc(-c4cccc(F)c4)c3c2C(F)(F)F)c1. The number of benzene rings is 1. The van der Waals surface area contributed by atoms with Crippen molar-refractivity contribution in [1.82, 2.24) is 19.9 Å². The van der Waals surface area contributed by atoms with Crippen LogP contribution in [-0.2, 0) is 11.0 Å². The lowest BCUT2D eigenvalue weighted by molar-refractivity contribution is -0.138. The number of H-pyrrole nitrogens is 1. The maximum atomic E-state index is 14.4. The third kappa shape index (κ3) is 4.17. The smallest absolute Gasteiger partial charge is 0.378 e. The van der Waals surface area contributed by atoms with E-state index in [-0.39, 0.29) is 38.9 Å². The predicted octanol–water partition coefficient (Wildman–Crippen LogP) is 4.57. The first kappa shape index (κ1) is 22.4. The second-order valence-corrected chi connectivity index (χ2v) is 7.62. The van der Waals surface area contributed by atoms with E-state index in [2.05, 4.69) is 15.0 Å². The first-order valence-electron chi connectivity index (χ1n) is 9.75. The van der Waals surface area contributed by atoms with Gasteiger partial charge in [0.1, 0.15) is 11.5 Å². The van der Waals surface area contributed by atoms with Crippen LogP contribution >= 0.6 is 0 Å².